The Balaban J connectivity index is 1.60. The van der Waals surface area contributed by atoms with Crippen LogP contribution in [-0.2, 0) is 4.79 Å². The summed E-state index contributed by atoms with van der Waals surface area (Å²) in [5, 5.41) is 9.19. The number of fused-ring (bicyclic) bond motifs is 1. The molecule has 0 aromatic heterocycles. The minimum absolute atomic E-state index is 0.0378. The second-order valence-corrected chi connectivity index (χ2v) is 6.74. The van der Waals surface area contributed by atoms with Crippen molar-refractivity contribution in [2.24, 2.45) is 11.8 Å². The number of piperazine rings is 1. The van der Waals surface area contributed by atoms with Gasteiger partial charge in [-0.15, -0.1) is 0 Å². The lowest BCUT2D eigenvalue weighted by molar-refractivity contribution is -0.142. The zero-order chi connectivity index (χ0) is 15.0. The molecule has 0 radical (unpaired) electrons. The molecule has 3 heterocycles. The van der Waals surface area contributed by atoms with Crippen LogP contribution in [-0.4, -0.2) is 77.1 Å². The fourth-order valence-electron chi connectivity index (χ4n) is 3.97. The summed E-state index contributed by atoms with van der Waals surface area (Å²) in [5.74, 6) is -1.15. The summed E-state index contributed by atoms with van der Waals surface area (Å²) in [5.41, 5.74) is 0. The minimum atomic E-state index is -0.783. The molecule has 6 nitrogen and oxygen atoms in total. The number of carboxylic acids is 1. The van der Waals surface area contributed by atoms with Gasteiger partial charge in [0.2, 0.25) is 0 Å². The highest BCUT2D eigenvalue weighted by molar-refractivity contribution is 5.78. The Hall–Kier alpha value is -1.30. The molecule has 21 heavy (non-hydrogen) atoms. The predicted octanol–water partition coefficient (Wildman–Crippen LogP) is 0.929. The summed E-state index contributed by atoms with van der Waals surface area (Å²) in [6.07, 6.45) is 3.71. The van der Waals surface area contributed by atoms with Crippen LogP contribution in [0.5, 0.6) is 0 Å². The summed E-state index contributed by atoms with van der Waals surface area (Å²) in [4.78, 5) is 30.0. The van der Waals surface area contributed by atoms with Gasteiger partial charge in [0.1, 0.15) is 0 Å². The summed E-state index contributed by atoms with van der Waals surface area (Å²) in [7, 11) is 0. The van der Waals surface area contributed by atoms with Gasteiger partial charge in [0, 0.05) is 38.8 Å². The Labute approximate surface area is 125 Å². The zero-order valence-corrected chi connectivity index (χ0v) is 12.7. The molecule has 2 amide bonds. The van der Waals surface area contributed by atoms with Crippen LogP contribution in [0.4, 0.5) is 4.79 Å². The molecule has 0 aromatic rings. The largest absolute Gasteiger partial charge is 0.481 e. The maximum atomic E-state index is 12.6. The SMILES string of the molecule is C[C@@H]1CN(C(=O)N2CCN3CCCCC3C2)C[C@H]1C(=O)O. The zero-order valence-electron chi connectivity index (χ0n) is 12.7. The smallest absolute Gasteiger partial charge is 0.320 e. The second kappa shape index (κ2) is 5.83. The van der Waals surface area contributed by atoms with Crippen molar-refractivity contribution in [3.8, 4) is 0 Å². The van der Waals surface area contributed by atoms with Gasteiger partial charge >= 0.3 is 12.0 Å². The first-order chi connectivity index (χ1) is 10.1. The van der Waals surface area contributed by atoms with Crippen LogP contribution in [0.3, 0.4) is 0 Å². The Bertz CT molecular complexity index is 428. The highest BCUT2D eigenvalue weighted by Gasteiger charge is 2.40. The number of likely N-dealkylation sites (tertiary alicyclic amines) is 1. The highest BCUT2D eigenvalue weighted by atomic mass is 16.4. The third-order valence-electron chi connectivity index (χ3n) is 5.31. The van der Waals surface area contributed by atoms with E-state index < -0.39 is 11.9 Å². The van der Waals surface area contributed by atoms with E-state index in [0.717, 1.165) is 26.2 Å². The third kappa shape index (κ3) is 2.86. The van der Waals surface area contributed by atoms with E-state index >= 15 is 0 Å². The summed E-state index contributed by atoms with van der Waals surface area (Å²) < 4.78 is 0. The molecule has 0 aliphatic carbocycles. The number of urea groups is 1. The average molecular weight is 295 g/mol. The average Bonchev–Trinajstić information content (AvgIpc) is 2.88. The number of amides is 2. The van der Waals surface area contributed by atoms with Crippen LogP contribution in [0.2, 0.25) is 0 Å². The first-order valence-electron chi connectivity index (χ1n) is 8.07. The van der Waals surface area contributed by atoms with Gasteiger partial charge in [0.15, 0.2) is 0 Å². The third-order valence-corrected chi connectivity index (χ3v) is 5.31. The van der Waals surface area contributed by atoms with Crippen molar-refractivity contribution in [2.75, 3.05) is 39.3 Å². The fourth-order valence-corrected chi connectivity index (χ4v) is 3.97. The standard InChI is InChI=1S/C15H25N3O3/c1-11-8-18(10-13(11)14(19)20)15(21)17-7-6-16-5-3-2-4-12(16)9-17/h11-13H,2-10H2,1H3,(H,19,20)/t11-,12?,13-/m1/s1. The molecule has 3 aliphatic rings. The summed E-state index contributed by atoms with van der Waals surface area (Å²) in [6.45, 7) is 6.56. The summed E-state index contributed by atoms with van der Waals surface area (Å²) >= 11 is 0. The van der Waals surface area contributed by atoms with Crippen LogP contribution in [0.15, 0.2) is 0 Å². The van der Waals surface area contributed by atoms with Gasteiger partial charge in [-0.05, 0) is 25.3 Å². The molecular weight excluding hydrogens is 270 g/mol. The van der Waals surface area contributed by atoms with E-state index in [4.69, 9.17) is 0 Å². The number of carboxylic acid groups (broad SMARTS) is 1. The molecule has 0 saturated carbocycles. The molecule has 1 N–H and O–H groups in total. The number of piperidine rings is 1. The highest BCUT2D eigenvalue weighted by Crippen LogP contribution is 2.26. The molecule has 0 bridgehead atoms. The van der Waals surface area contributed by atoms with Crippen molar-refractivity contribution in [1.82, 2.24) is 14.7 Å². The molecule has 3 atom stereocenters. The number of carbonyl (C=O) groups is 2. The normalized spacial score (nSPS) is 33.9. The van der Waals surface area contributed by atoms with Crippen molar-refractivity contribution in [3.63, 3.8) is 0 Å². The van der Waals surface area contributed by atoms with Gasteiger partial charge in [0.25, 0.3) is 0 Å². The summed E-state index contributed by atoms with van der Waals surface area (Å²) in [6, 6.07) is 0.544. The van der Waals surface area contributed by atoms with E-state index in [-0.39, 0.29) is 11.9 Å². The van der Waals surface area contributed by atoms with Crippen molar-refractivity contribution in [3.05, 3.63) is 0 Å². The van der Waals surface area contributed by atoms with Crippen molar-refractivity contribution in [1.29, 1.82) is 0 Å². The van der Waals surface area contributed by atoms with Gasteiger partial charge in [0.05, 0.1) is 5.92 Å². The number of rotatable bonds is 1. The molecule has 3 saturated heterocycles. The van der Waals surface area contributed by atoms with Gasteiger partial charge in [-0.2, -0.15) is 0 Å². The fraction of sp³-hybridized carbons (Fsp3) is 0.867. The number of hydrogen-bond acceptors (Lipinski definition) is 3. The van der Waals surface area contributed by atoms with Crippen molar-refractivity contribution >= 4 is 12.0 Å². The van der Waals surface area contributed by atoms with E-state index in [1.54, 1.807) is 4.90 Å². The van der Waals surface area contributed by atoms with Crippen molar-refractivity contribution < 1.29 is 14.7 Å². The Morgan fingerprint density at radius 3 is 2.52 bits per heavy atom. The maximum Gasteiger partial charge on any atom is 0.320 e. The molecule has 0 aromatic carbocycles. The van der Waals surface area contributed by atoms with Crippen molar-refractivity contribution in [2.45, 2.75) is 32.2 Å². The number of hydrogen-bond donors (Lipinski definition) is 1. The van der Waals surface area contributed by atoms with E-state index in [2.05, 4.69) is 4.90 Å². The van der Waals surface area contributed by atoms with Crippen LogP contribution in [0, 0.1) is 11.8 Å². The lowest BCUT2D eigenvalue weighted by atomic mass is 9.99. The first kappa shape index (κ1) is 14.6. The van der Waals surface area contributed by atoms with E-state index in [9.17, 15) is 14.7 Å². The van der Waals surface area contributed by atoms with E-state index in [0.29, 0.717) is 19.1 Å². The molecule has 3 aliphatic heterocycles. The van der Waals surface area contributed by atoms with Gasteiger partial charge < -0.3 is 14.9 Å². The second-order valence-electron chi connectivity index (χ2n) is 6.74. The topological polar surface area (TPSA) is 64.1 Å². The Morgan fingerprint density at radius 1 is 1.00 bits per heavy atom. The molecule has 3 rings (SSSR count). The Morgan fingerprint density at radius 2 is 1.81 bits per heavy atom. The molecule has 0 spiro atoms. The number of aliphatic carboxylic acids is 1. The lowest BCUT2D eigenvalue weighted by Crippen LogP contribution is -2.58. The minimum Gasteiger partial charge on any atom is -0.481 e. The van der Waals surface area contributed by atoms with Gasteiger partial charge in [-0.25, -0.2) is 4.79 Å². The predicted molar refractivity (Wildman–Crippen MR) is 78.0 cm³/mol. The molecule has 118 valence electrons. The quantitative estimate of drug-likeness (QED) is 0.781. The molecule has 1 unspecified atom stereocenters. The maximum absolute atomic E-state index is 12.6. The molecule has 6 heteroatoms. The van der Waals surface area contributed by atoms with E-state index in [1.807, 2.05) is 11.8 Å². The van der Waals surface area contributed by atoms with Gasteiger partial charge in [-0.3, -0.25) is 9.69 Å². The lowest BCUT2D eigenvalue weighted by Gasteiger charge is -2.44. The number of carbonyl (C=O) groups excluding carboxylic acids is 1. The number of nitrogens with zero attached hydrogens (tertiary/aromatic N) is 3. The van der Waals surface area contributed by atoms with Crippen LogP contribution >= 0.6 is 0 Å². The van der Waals surface area contributed by atoms with Crippen LogP contribution in [0.25, 0.3) is 0 Å². The Kier molecular flexibility index (Phi) is 4.06. The van der Waals surface area contributed by atoms with Crippen LogP contribution in [0.1, 0.15) is 26.2 Å². The monoisotopic (exact) mass is 295 g/mol. The van der Waals surface area contributed by atoms with E-state index in [1.165, 1.54) is 19.3 Å². The molecule has 3 fully saturated rings. The first-order valence-corrected chi connectivity index (χ1v) is 8.07. The van der Waals surface area contributed by atoms with Gasteiger partial charge in [-0.1, -0.05) is 13.3 Å². The van der Waals surface area contributed by atoms with Crippen LogP contribution < -0.4 is 0 Å². The molecular formula is C15H25N3O3.